The Morgan fingerprint density at radius 1 is 0.516 bits per heavy atom. The van der Waals surface area contributed by atoms with Crippen LogP contribution in [-0.2, 0) is 50.6 Å². The summed E-state index contributed by atoms with van der Waals surface area (Å²) in [5.74, 6) is -1.89. The van der Waals surface area contributed by atoms with Gasteiger partial charge in [0.15, 0.2) is 5.75 Å². The van der Waals surface area contributed by atoms with E-state index in [1.165, 1.54) is 55.5 Å². The van der Waals surface area contributed by atoms with Gasteiger partial charge in [0.05, 0.1) is 62.6 Å². The van der Waals surface area contributed by atoms with E-state index in [0.29, 0.717) is 22.8 Å². The minimum atomic E-state index is -5.09. The minimum Gasteiger partial charge on any atom is -0.491 e. The molecule has 5 aromatic carbocycles. The second-order valence-corrected chi connectivity index (χ2v) is 21.5. The highest BCUT2D eigenvalue weighted by Crippen LogP contribution is 2.42. The van der Waals surface area contributed by atoms with E-state index < -0.39 is 83.3 Å². The van der Waals surface area contributed by atoms with E-state index in [9.17, 15) is 55.7 Å². The van der Waals surface area contributed by atoms with Gasteiger partial charge >= 0.3 is 10.1 Å². The van der Waals surface area contributed by atoms with Crippen molar-refractivity contribution < 1.29 is 74.0 Å². The van der Waals surface area contributed by atoms with Crippen LogP contribution in [0.3, 0.4) is 0 Å². The van der Waals surface area contributed by atoms with Gasteiger partial charge in [0.2, 0.25) is 0 Å². The number of hydrogen-bond donors (Lipinski definition) is 5. The molecular weight excluding hydrogens is 947 g/mol. The van der Waals surface area contributed by atoms with Gasteiger partial charge in [0, 0.05) is 18.2 Å². The predicted octanol–water partition coefficient (Wildman–Crippen LogP) is 6.75. The van der Waals surface area contributed by atoms with E-state index >= 15 is 0 Å². The van der Waals surface area contributed by atoms with Gasteiger partial charge < -0.3 is 19.4 Å². The summed E-state index contributed by atoms with van der Waals surface area (Å²) in [6.07, 6.45) is -0.240. The fourth-order valence-corrected chi connectivity index (χ4v) is 8.64. The smallest absolute Gasteiger partial charge is 0.339 e. The van der Waals surface area contributed by atoms with Crippen molar-refractivity contribution in [3.8, 4) is 17.2 Å². The molecular formula is C37H39N5O17S5. The average Bonchev–Trinajstić information content (AvgIpc) is 3.16. The second kappa shape index (κ2) is 19.2. The first-order chi connectivity index (χ1) is 29.6. The largest absolute Gasteiger partial charge is 0.491 e. The lowest BCUT2D eigenvalue weighted by atomic mass is 10.1. The van der Waals surface area contributed by atoms with Gasteiger partial charge in [-0.2, -0.15) is 52.3 Å². The van der Waals surface area contributed by atoms with Crippen LogP contribution < -0.4 is 19.4 Å². The number of fused-ring (bicyclic) bond motifs is 1. The Morgan fingerprint density at radius 3 is 1.52 bits per heavy atom. The average molecular weight is 986 g/mol. The molecule has 0 aliphatic carbocycles. The molecule has 0 atom stereocenters. The van der Waals surface area contributed by atoms with Gasteiger partial charge in [0.25, 0.3) is 40.5 Å². The Hall–Kier alpha value is -5.65. The zero-order valence-electron chi connectivity index (χ0n) is 33.7. The lowest BCUT2D eigenvalue weighted by Gasteiger charge is -2.14. The summed E-state index contributed by atoms with van der Waals surface area (Å²) in [6.45, 7) is 4.48. The maximum absolute atomic E-state index is 13.4. The molecule has 0 saturated carbocycles. The molecule has 6 N–H and O–H groups in total. The molecule has 27 heteroatoms. The third-order valence-corrected chi connectivity index (χ3v) is 13.3. The molecule has 0 aliphatic rings. The lowest BCUT2D eigenvalue weighted by Crippen LogP contribution is -2.11. The quantitative estimate of drug-likeness (QED) is 0.0188. The molecule has 0 saturated heterocycles. The number of nitrogens with zero attached hydrogens (tertiary/aromatic N) is 4. The van der Waals surface area contributed by atoms with E-state index in [4.69, 9.17) is 23.9 Å². The normalized spacial score (nSPS) is 12.9. The van der Waals surface area contributed by atoms with Gasteiger partial charge in [0.1, 0.15) is 22.1 Å². The fourth-order valence-electron chi connectivity index (χ4n) is 5.67. The molecule has 0 fully saturated rings. The van der Waals surface area contributed by atoms with E-state index in [-0.39, 0.29) is 76.0 Å². The van der Waals surface area contributed by atoms with Crippen molar-refractivity contribution in [2.75, 3.05) is 30.5 Å². The number of azo groups is 2. The summed E-state index contributed by atoms with van der Waals surface area (Å²) < 4.78 is 176. The van der Waals surface area contributed by atoms with Crippen LogP contribution in [0.2, 0.25) is 0 Å². The molecule has 0 aliphatic heterocycles. The van der Waals surface area contributed by atoms with E-state index in [1.54, 1.807) is 13.8 Å². The van der Waals surface area contributed by atoms with Crippen LogP contribution in [0.5, 0.6) is 17.2 Å². The number of hydrogen-bond acceptors (Lipinski definition) is 18. The van der Waals surface area contributed by atoms with Crippen LogP contribution in [0.4, 0.5) is 28.4 Å². The maximum atomic E-state index is 13.4. The highest BCUT2D eigenvalue weighted by molar-refractivity contribution is 7.87. The number of nitrogen functional groups attached to an aromatic ring is 1. The monoisotopic (exact) mass is 985 g/mol. The third kappa shape index (κ3) is 13.4. The molecule has 64 heavy (non-hydrogen) atoms. The molecule has 22 nitrogen and oxygen atoms in total. The zero-order chi connectivity index (χ0) is 47.4. The van der Waals surface area contributed by atoms with Gasteiger partial charge in [-0.3, -0.25) is 18.2 Å². The van der Waals surface area contributed by atoms with Crippen LogP contribution in [0, 0.1) is 20.8 Å². The molecule has 0 bridgehead atoms. The molecule has 0 amide bonds. The Morgan fingerprint density at radius 2 is 0.984 bits per heavy atom. The van der Waals surface area contributed by atoms with Crippen molar-refractivity contribution in [2.45, 2.75) is 48.3 Å². The standard InChI is InChI=1S/C37H39N5O17S5/c1-22-6-8-26(9-7-22)64(55,56)59-36-19-28(63(52,53)54)17-25-16-27(62(49,50)51)18-33(37(25)36)42-40-31-21-35(58-11-5-13-61(46,47)48)32(15-24(31)3)41-39-30-20-34(29(38)14-23(30)2)57-10-4-12-60(43,44)45/h6-9,14-21H,4-5,10-13,38H2,1-3H3,(H,43,44,45)(H,46,47,48)(H,49,50,51)(H,52,53,54). The summed E-state index contributed by atoms with van der Waals surface area (Å²) >= 11 is 0. The number of ether oxygens (including phenoxy) is 2. The Labute approximate surface area is 367 Å². The van der Waals surface area contributed by atoms with Gasteiger partial charge in [-0.05, 0) is 92.6 Å². The van der Waals surface area contributed by atoms with E-state index in [2.05, 4.69) is 20.5 Å². The topological polar surface area (TPSA) is 355 Å². The number of anilines is 1. The van der Waals surface area contributed by atoms with E-state index in [0.717, 1.165) is 18.2 Å². The summed E-state index contributed by atoms with van der Waals surface area (Å²) in [6, 6.07) is 14.1. The van der Waals surface area contributed by atoms with Crippen molar-refractivity contribution in [3.63, 3.8) is 0 Å². The van der Waals surface area contributed by atoms with Crippen molar-refractivity contribution >= 4 is 89.8 Å². The first-order valence-electron chi connectivity index (χ1n) is 18.2. The molecule has 5 aromatic rings. The van der Waals surface area contributed by atoms with Gasteiger partial charge in [-0.1, -0.05) is 17.7 Å². The van der Waals surface area contributed by atoms with Crippen LogP contribution in [0.1, 0.15) is 29.5 Å². The van der Waals surface area contributed by atoms with Crippen molar-refractivity contribution in [1.29, 1.82) is 0 Å². The first kappa shape index (κ1) is 49.4. The molecule has 5 rings (SSSR count). The molecule has 0 spiro atoms. The first-order valence-corrected chi connectivity index (χ1v) is 25.7. The van der Waals surface area contributed by atoms with Crippen LogP contribution in [0.25, 0.3) is 10.8 Å². The van der Waals surface area contributed by atoms with Gasteiger partial charge in [-0.15, -0.1) is 10.2 Å². The SMILES string of the molecule is Cc1ccc(S(=O)(=O)Oc2cc(S(=O)(=O)O)cc3cc(S(=O)(=O)O)cc(N=Nc4cc(OCCCS(=O)(=O)O)c(N=Nc5cc(OCCCS(=O)(=O)O)c(N)cc5C)cc4C)c23)cc1. The van der Waals surface area contributed by atoms with Crippen molar-refractivity contribution in [3.05, 3.63) is 89.5 Å². The fraction of sp³-hybridized carbons (Fsp3) is 0.243. The highest BCUT2D eigenvalue weighted by Gasteiger charge is 2.25. The molecule has 0 radical (unpaired) electrons. The van der Waals surface area contributed by atoms with Crippen LogP contribution in [0.15, 0.2) is 108 Å². The number of rotatable bonds is 19. The van der Waals surface area contributed by atoms with Gasteiger partial charge in [-0.25, -0.2) is 0 Å². The van der Waals surface area contributed by atoms with Crippen molar-refractivity contribution in [1.82, 2.24) is 0 Å². The third-order valence-electron chi connectivity index (χ3n) is 8.79. The molecule has 0 unspecified atom stereocenters. The second-order valence-electron chi connectivity index (χ2n) is 13.9. The van der Waals surface area contributed by atoms with Crippen molar-refractivity contribution in [2.24, 2.45) is 20.5 Å². The summed E-state index contributed by atoms with van der Waals surface area (Å²) in [5, 5.41) is 16.2. The Kier molecular flexibility index (Phi) is 14.8. The van der Waals surface area contributed by atoms with Crippen LogP contribution in [-0.4, -0.2) is 85.0 Å². The summed E-state index contributed by atoms with van der Waals surface area (Å²) in [7, 11) is -23.5. The number of aryl methyl sites for hydroxylation is 3. The number of nitrogens with two attached hydrogens (primary N) is 1. The predicted molar refractivity (Wildman–Crippen MR) is 231 cm³/mol. The van der Waals surface area contributed by atoms with E-state index in [1.807, 2.05) is 0 Å². The Bertz CT molecular complexity index is 3250. The Balaban J connectivity index is 1.63. The zero-order valence-corrected chi connectivity index (χ0v) is 37.8. The summed E-state index contributed by atoms with van der Waals surface area (Å²) in [4.78, 5) is -2.10. The maximum Gasteiger partial charge on any atom is 0.339 e. The molecule has 0 aromatic heterocycles. The lowest BCUT2D eigenvalue weighted by molar-refractivity contribution is 0.317. The molecule has 344 valence electrons. The minimum absolute atomic E-state index is 0.0114. The van der Waals surface area contributed by atoms with Crippen LogP contribution >= 0.6 is 0 Å². The molecule has 0 heterocycles. The number of benzene rings is 5. The summed E-state index contributed by atoms with van der Waals surface area (Å²) in [5.41, 5.74) is 7.59. The highest BCUT2D eigenvalue weighted by atomic mass is 32.2.